The molecule has 1 fully saturated rings. The molecule has 0 heterocycles. The Morgan fingerprint density at radius 3 is 2.72 bits per heavy atom. The summed E-state index contributed by atoms with van der Waals surface area (Å²) in [4.78, 5) is 0. The molecular weight excluding hydrogens is 226 g/mol. The molecular formula is C15H19NO2. The Bertz CT molecular complexity index is 470. The maximum atomic E-state index is 5.32. The molecule has 96 valence electrons. The predicted molar refractivity (Wildman–Crippen MR) is 72.3 cm³/mol. The van der Waals surface area contributed by atoms with Crippen molar-refractivity contribution >= 4 is 5.69 Å². The third kappa shape index (κ3) is 1.84. The molecule has 0 aliphatic heterocycles. The number of methoxy groups -OCH3 is 2. The maximum absolute atomic E-state index is 5.32. The normalized spacial score (nSPS) is 28.4. The predicted octanol–water partition coefficient (Wildman–Crippen LogP) is 3.08. The lowest BCUT2D eigenvalue weighted by Crippen LogP contribution is -2.43. The second-order valence-electron chi connectivity index (χ2n) is 5.06. The van der Waals surface area contributed by atoms with Crippen molar-refractivity contribution < 1.29 is 9.47 Å². The lowest BCUT2D eigenvalue weighted by atomic mass is 9.71. The summed E-state index contributed by atoms with van der Waals surface area (Å²) in [6.45, 7) is 0. The second kappa shape index (κ2) is 4.56. The van der Waals surface area contributed by atoms with E-state index >= 15 is 0 Å². The fourth-order valence-corrected chi connectivity index (χ4v) is 3.02. The first kappa shape index (κ1) is 11.5. The van der Waals surface area contributed by atoms with E-state index in [0.29, 0.717) is 6.04 Å². The molecule has 0 aromatic heterocycles. The molecule has 3 atom stereocenters. The number of fused-ring (bicyclic) bond motifs is 1. The van der Waals surface area contributed by atoms with E-state index in [1.54, 1.807) is 14.2 Å². The quantitative estimate of drug-likeness (QED) is 0.827. The Morgan fingerprint density at radius 1 is 1.17 bits per heavy atom. The summed E-state index contributed by atoms with van der Waals surface area (Å²) < 4.78 is 10.6. The van der Waals surface area contributed by atoms with Crippen LogP contribution >= 0.6 is 0 Å². The van der Waals surface area contributed by atoms with Crippen LogP contribution in [0.25, 0.3) is 0 Å². The molecule has 0 spiro atoms. The van der Waals surface area contributed by atoms with Crippen molar-refractivity contribution in [3.05, 3.63) is 30.4 Å². The average molecular weight is 245 g/mol. The average Bonchev–Trinajstić information content (AvgIpc) is 2.77. The van der Waals surface area contributed by atoms with Crippen LogP contribution in [0.15, 0.2) is 30.4 Å². The van der Waals surface area contributed by atoms with Gasteiger partial charge in [0.1, 0.15) is 0 Å². The van der Waals surface area contributed by atoms with E-state index in [4.69, 9.17) is 9.47 Å². The van der Waals surface area contributed by atoms with Crippen molar-refractivity contribution in [2.24, 2.45) is 11.8 Å². The first-order chi connectivity index (χ1) is 8.81. The number of ether oxygens (including phenoxy) is 2. The number of rotatable bonds is 4. The largest absolute Gasteiger partial charge is 0.493 e. The lowest BCUT2D eigenvalue weighted by Gasteiger charge is -2.41. The van der Waals surface area contributed by atoms with Crippen LogP contribution in [0.5, 0.6) is 11.5 Å². The van der Waals surface area contributed by atoms with Crippen LogP contribution in [-0.2, 0) is 0 Å². The van der Waals surface area contributed by atoms with Crippen LogP contribution < -0.4 is 14.8 Å². The van der Waals surface area contributed by atoms with Gasteiger partial charge < -0.3 is 14.8 Å². The van der Waals surface area contributed by atoms with E-state index in [0.717, 1.165) is 29.0 Å². The fourth-order valence-electron chi connectivity index (χ4n) is 3.02. The van der Waals surface area contributed by atoms with Crippen molar-refractivity contribution in [1.29, 1.82) is 0 Å². The highest BCUT2D eigenvalue weighted by Crippen LogP contribution is 2.44. The smallest absolute Gasteiger partial charge is 0.162 e. The number of hydrogen-bond acceptors (Lipinski definition) is 3. The van der Waals surface area contributed by atoms with Gasteiger partial charge in [-0.2, -0.15) is 0 Å². The van der Waals surface area contributed by atoms with Gasteiger partial charge in [0, 0.05) is 23.7 Å². The van der Waals surface area contributed by atoms with E-state index in [2.05, 4.69) is 17.5 Å². The van der Waals surface area contributed by atoms with Gasteiger partial charge in [0.05, 0.1) is 14.2 Å². The Hall–Kier alpha value is -1.64. The number of allylic oxidation sites excluding steroid dienone is 1. The summed E-state index contributed by atoms with van der Waals surface area (Å²) in [6, 6.07) is 6.58. The molecule has 2 aliphatic carbocycles. The van der Waals surface area contributed by atoms with Crippen LogP contribution in [0.3, 0.4) is 0 Å². The highest BCUT2D eigenvalue weighted by atomic mass is 16.5. The first-order valence-electron chi connectivity index (χ1n) is 6.47. The summed E-state index contributed by atoms with van der Waals surface area (Å²) in [6.07, 6.45) is 7.19. The van der Waals surface area contributed by atoms with E-state index < -0.39 is 0 Å². The third-order valence-electron chi connectivity index (χ3n) is 4.10. The summed E-state index contributed by atoms with van der Waals surface area (Å²) in [5.41, 5.74) is 1.11. The van der Waals surface area contributed by atoms with Crippen molar-refractivity contribution in [3.63, 3.8) is 0 Å². The monoisotopic (exact) mass is 245 g/mol. The van der Waals surface area contributed by atoms with Gasteiger partial charge in [0.15, 0.2) is 11.5 Å². The molecule has 3 heteroatoms. The van der Waals surface area contributed by atoms with Crippen molar-refractivity contribution in [2.45, 2.75) is 18.9 Å². The molecule has 18 heavy (non-hydrogen) atoms. The number of anilines is 1. The molecule has 0 amide bonds. The zero-order chi connectivity index (χ0) is 12.5. The van der Waals surface area contributed by atoms with Gasteiger partial charge in [-0.15, -0.1) is 0 Å². The molecule has 3 unspecified atom stereocenters. The van der Waals surface area contributed by atoms with Crippen molar-refractivity contribution in [1.82, 2.24) is 0 Å². The molecule has 0 saturated heterocycles. The summed E-state index contributed by atoms with van der Waals surface area (Å²) in [7, 11) is 3.32. The molecule has 0 radical (unpaired) electrons. The zero-order valence-corrected chi connectivity index (χ0v) is 10.8. The van der Waals surface area contributed by atoms with Crippen LogP contribution in [0.1, 0.15) is 12.8 Å². The topological polar surface area (TPSA) is 30.5 Å². The minimum Gasteiger partial charge on any atom is -0.493 e. The molecule has 3 rings (SSSR count). The lowest BCUT2D eigenvalue weighted by molar-refractivity contribution is 0.218. The Kier molecular flexibility index (Phi) is 2.90. The van der Waals surface area contributed by atoms with E-state index in [-0.39, 0.29) is 0 Å². The molecule has 0 bridgehead atoms. The number of benzene rings is 1. The standard InChI is InChI=1S/C15H19NO2/c1-17-14-7-6-11(9-15(14)18-2)16-13-8-10-4-3-5-12(10)13/h3,5-7,9-10,12-13,16H,4,8H2,1-2H3. The first-order valence-corrected chi connectivity index (χ1v) is 6.47. The molecule has 1 saturated carbocycles. The van der Waals surface area contributed by atoms with E-state index in [9.17, 15) is 0 Å². The number of hydrogen-bond donors (Lipinski definition) is 1. The van der Waals surface area contributed by atoms with Crippen LogP contribution in [0.2, 0.25) is 0 Å². The summed E-state index contributed by atoms with van der Waals surface area (Å²) in [5.74, 6) is 3.15. The van der Waals surface area contributed by atoms with Crippen LogP contribution in [0.4, 0.5) is 5.69 Å². The van der Waals surface area contributed by atoms with Gasteiger partial charge >= 0.3 is 0 Å². The van der Waals surface area contributed by atoms with Gasteiger partial charge in [-0.05, 0) is 30.9 Å². The third-order valence-corrected chi connectivity index (χ3v) is 4.10. The van der Waals surface area contributed by atoms with Gasteiger partial charge in [-0.3, -0.25) is 0 Å². The minimum absolute atomic E-state index is 0.576. The number of nitrogens with one attached hydrogen (secondary N) is 1. The fraction of sp³-hybridized carbons (Fsp3) is 0.467. The molecule has 1 N–H and O–H groups in total. The molecule has 1 aromatic rings. The molecule has 3 nitrogen and oxygen atoms in total. The summed E-state index contributed by atoms with van der Waals surface area (Å²) >= 11 is 0. The van der Waals surface area contributed by atoms with Gasteiger partial charge in [-0.25, -0.2) is 0 Å². The van der Waals surface area contributed by atoms with Crippen molar-refractivity contribution in [2.75, 3.05) is 19.5 Å². The van der Waals surface area contributed by atoms with Gasteiger partial charge in [0.25, 0.3) is 0 Å². The van der Waals surface area contributed by atoms with Crippen molar-refractivity contribution in [3.8, 4) is 11.5 Å². The zero-order valence-electron chi connectivity index (χ0n) is 10.8. The maximum Gasteiger partial charge on any atom is 0.162 e. The van der Waals surface area contributed by atoms with E-state index in [1.165, 1.54) is 12.8 Å². The SMILES string of the molecule is COc1ccc(NC2CC3CC=CC32)cc1OC. The highest BCUT2D eigenvalue weighted by molar-refractivity contribution is 5.55. The van der Waals surface area contributed by atoms with Crippen LogP contribution in [-0.4, -0.2) is 20.3 Å². The van der Waals surface area contributed by atoms with Crippen LogP contribution in [0, 0.1) is 11.8 Å². The Morgan fingerprint density at radius 2 is 2.00 bits per heavy atom. The molecule has 1 aromatic carbocycles. The Balaban J connectivity index is 1.71. The van der Waals surface area contributed by atoms with Gasteiger partial charge in [0.2, 0.25) is 0 Å². The highest BCUT2D eigenvalue weighted by Gasteiger charge is 2.40. The van der Waals surface area contributed by atoms with Gasteiger partial charge in [-0.1, -0.05) is 12.2 Å². The van der Waals surface area contributed by atoms with E-state index in [1.807, 2.05) is 18.2 Å². The second-order valence-corrected chi connectivity index (χ2v) is 5.06. The minimum atomic E-state index is 0.576. The molecule has 2 aliphatic rings. The Labute approximate surface area is 108 Å². The summed E-state index contributed by atoms with van der Waals surface area (Å²) in [5, 5.41) is 3.59.